The minimum Gasteiger partial charge on any atom is -0.497 e. The van der Waals surface area contributed by atoms with Crippen molar-refractivity contribution in [2.45, 2.75) is 18.9 Å². The van der Waals surface area contributed by atoms with Crippen molar-refractivity contribution in [1.82, 2.24) is 9.80 Å². The number of piperidine rings is 1. The van der Waals surface area contributed by atoms with Gasteiger partial charge in [0.1, 0.15) is 5.75 Å². The zero-order valence-electron chi connectivity index (χ0n) is 13.1. The highest BCUT2D eigenvalue weighted by Crippen LogP contribution is 2.20. The summed E-state index contributed by atoms with van der Waals surface area (Å²) in [4.78, 5) is 15.6. The summed E-state index contributed by atoms with van der Waals surface area (Å²) in [5.41, 5.74) is 1.09. The van der Waals surface area contributed by atoms with E-state index in [0.717, 1.165) is 37.4 Å². The molecule has 1 aromatic carbocycles. The number of benzene rings is 1. The van der Waals surface area contributed by atoms with Gasteiger partial charge in [0.25, 0.3) is 0 Å². The van der Waals surface area contributed by atoms with Gasteiger partial charge in [-0.25, -0.2) is 0 Å². The van der Waals surface area contributed by atoms with Crippen molar-refractivity contribution in [1.29, 1.82) is 0 Å². The van der Waals surface area contributed by atoms with Crippen LogP contribution in [-0.4, -0.2) is 62.6 Å². The number of likely N-dealkylation sites (N-methyl/N-ethyl adjacent to an activating group) is 1. The maximum absolute atomic E-state index is 11.7. The molecular weight excluding hydrogens is 266 g/mol. The molecule has 1 amide bonds. The Morgan fingerprint density at radius 3 is 2.71 bits per heavy atom. The maximum atomic E-state index is 11.7. The Hall–Kier alpha value is -1.75. The molecule has 0 aromatic heterocycles. The van der Waals surface area contributed by atoms with Crippen LogP contribution in [0.1, 0.15) is 12.8 Å². The Bertz CT molecular complexity index is 468. The molecule has 1 N–H and O–H groups in total. The van der Waals surface area contributed by atoms with Gasteiger partial charge in [-0.1, -0.05) is 6.07 Å². The fraction of sp³-hybridized carbons (Fsp3) is 0.562. The predicted octanol–water partition coefficient (Wildman–Crippen LogP) is 1.66. The number of nitrogens with one attached hydrogen (secondary N) is 1. The van der Waals surface area contributed by atoms with E-state index in [9.17, 15) is 4.79 Å². The van der Waals surface area contributed by atoms with E-state index in [4.69, 9.17) is 4.74 Å². The molecule has 21 heavy (non-hydrogen) atoms. The number of methoxy groups -OCH3 is 1. The first-order valence-corrected chi connectivity index (χ1v) is 7.41. The van der Waals surface area contributed by atoms with Gasteiger partial charge in [0.15, 0.2) is 0 Å². The number of ether oxygens (including phenoxy) is 1. The second-order valence-corrected chi connectivity index (χ2v) is 5.71. The molecule has 5 heteroatoms. The number of nitrogens with zero attached hydrogens (tertiary/aromatic N) is 2. The summed E-state index contributed by atoms with van der Waals surface area (Å²) in [5, 5.41) is 3.55. The molecule has 0 bridgehead atoms. The molecule has 1 heterocycles. The van der Waals surface area contributed by atoms with Crippen LogP contribution in [0.2, 0.25) is 0 Å². The lowest BCUT2D eigenvalue weighted by atomic mass is 10.0. The lowest BCUT2D eigenvalue weighted by Crippen LogP contribution is -2.43. The summed E-state index contributed by atoms with van der Waals surface area (Å²) in [7, 11) is 5.29. The first kappa shape index (κ1) is 15.6. The van der Waals surface area contributed by atoms with E-state index < -0.39 is 0 Å². The first-order valence-electron chi connectivity index (χ1n) is 7.41. The smallest absolute Gasteiger partial charge is 0.236 e. The van der Waals surface area contributed by atoms with Crippen LogP contribution in [0, 0.1) is 0 Å². The SMILES string of the molecule is COc1cccc(NC2CCN(CC(=O)N(C)C)CC2)c1. The molecule has 0 aliphatic carbocycles. The van der Waals surface area contributed by atoms with Gasteiger partial charge in [0.2, 0.25) is 5.91 Å². The molecule has 1 aliphatic rings. The quantitative estimate of drug-likeness (QED) is 0.896. The van der Waals surface area contributed by atoms with Crippen molar-refractivity contribution in [2.75, 3.05) is 46.2 Å². The zero-order chi connectivity index (χ0) is 15.2. The number of carbonyl (C=O) groups is 1. The number of rotatable bonds is 5. The van der Waals surface area contributed by atoms with Crippen LogP contribution in [0.3, 0.4) is 0 Å². The van der Waals surface area contributed by atoms with E-state index >= 15 is 0 Å². The Balaban J connectivity index is 1.80. The van der Waals surface area contributed by atoms with Gasteiger partial charge in [-0.15, -0.1) is 0 Å². The summed E-state index contributed by atoms with van der Waals surface area (Å²) in [6.07, 6.45) is 2.11. The highest BCUT2D eigenvalue weighted by Gasteiger charge is 2.21. The van der Waals surface area contributed by atoms with Crippen molar-refractivity contribution in [3.05, 3.63) is 24.3 Å². The van der Waals surface area contributed by atoms with Gasteiger partial charge in [-0.05, 0) is 25.0 Å². The second-order valence-electron chi connectivity index (χ2n) is 5.71. The van der Waals surface area contributed by atoms with Crippen molar-refractivity contribution in [2.24, 2.45) is 0 Å². The van der Waals surface area contributed by atoms with Crippen LogP contribution < -0.4 is 10.1 Å². The molecule has 0 radical (unpaired) electrons. The summed E-state index contributed by atoms with van der Waals surface area (Å²) < 4.78 is 5.24. The highest BCUT2D eigenvalue weighted by atomic mass is 16.5. The maximum Gasteiger partial charge on any atom is 0.236 e. The molecule has 1 saturated heterocycles. The average Bonchev–Trinajstić information content (AvgIpc) is 2.49. The van der Waals surface area contributed by atoms with Gasteiger partial charge in [-0.3, -0.25) is 9.69 Å². The summed E-state index contributed by atoms with van der Waals surface area (Å²) >= 11 is 0. The summed E-state index contributed by atoms with van der Waals surface area (Å²) in [6, 6.07) is 8.47. The van der Waals surface area contributed by atoms with Crippen LogP contribution in [0.15, 0.2) is 24.3 Å². The number of amides is 1. The van der Waals surface area contributed by atoms with Crippen LogP contribution in [-0.2, 0) is 4.79 Å². The Morgan fingerprint density at radius 1 is 1.38 bits per heavy atom. The molecule has 1 aromatic rings. The van der Waals surface area contributed by atoms with Gasteiger partial charge in [0, 0.05) is 45.0 Å². The number of anilines is 1. The van der Waals surface area contributed by atoms with Crippen molar-refractivity contribution in [3.8, 4) is 5.75 Å². The molecule has 116 valence electrons. The Morgan fingerprint density at radius 2 is 2.10 bits per heavy atom. The third-order valence-electron chi connectivity index (χ3n) is 3.89. The van der Waals surface area contributed by atoms with Crippen LogP contribution in [0.25, 0.3) is 0 Å². The van der Waals surface area contributed by atoms with E-state index in [2.05, 4.69) is 16.3 Å². The minimum atomic E-state index is 0.175. The standard InChI is InChI=1S/C16H25N3O2/c1-18(2)16(20)12-19-9-7-13(8-10-19)17-14-5-4-6-15(11-14)21-3/h4-6,11,13,17H,7-10,12H2,1-3H3. The number of hydrogen-bond acceptors (Lipinski definition) is 4. The molecule has 2 rings (SSSR count). The topological polar surface area (TPSA) is 44.8 Å². The lowest BCUT2D eigenvalue weighted by molar-refractivity contribution is -0.130. The minimum absolute atomic E-state index is 0.175. The molecule has 1 aliphatic heterocycles. The monoisotopic (exact) mass is 291 g/mol. The molecule has 0 spiro atoms. The molecular formula is C16H25N3O2. The lowest BCUT2D eigenvalue weighted by Gasteiger charge is -2.33. The summed E-state index contributed by atoms with van der Waals surface area (Å²) in [6.45, 7) is 2.45. The zero-order valence-corrected chi connectivity index (χ0v) is 13.1. The van der Waals surface area contributed by atoms with E-state index in [-0.39, 0.29) is 5.91 Å². The van der Waals surface area contributed by atoms with E-state index in [1.165, 1.54) is 0 Å². The van der Waals surface area contributed by atoms with Gasteiger partial charge >= 0.3 is 0 Å². The third-order valence-corrected chi connectivity index (χ3v) is 3.89. The Kier molecular flexibility index (Phi) is 5.44. The number of likely N-dealkylation sites (tertiary alicyclic amines) is 1. The summed E-state index contributed by atoms with van der Waals surface area (Å²) in [5.74, 6) is 1.04. The van der Waals surface area contributed by atoms with E-state index in [1.54, 1.807) is 26.1 Å². The van der Waals surface area contributed by atoms with E-state index in [0.29, 0.717) is 12.6 Å². The van der Waals surface area contributed by atoms with Crippen molar-refractivity contribution >= 4 is 11.6 Å². The van der Waals surface area contributed by atoms with Gasteiger partial charge < -0.3 is 15.0 Å². The van der Waals surface area contributed by atoms with Crippen LogP contribution in [0.4, 0.5) is 5.69 Å². The fourth-order valence-electron chi connectivity index (χ4n) is 2.52. The molecule has 0 saturated carbocycles. The Labute approximate surface area is 126 Å². The van der Waals surface area contributed by atoms with E-state index in [1.807, 2.05) is 18.2 Å². The van der Waals surface area contributed by atoms with Crippen molar-refractivity contribution in [3.63, 3.8) is 0 Å². The fourth-order valence-corrected chi connectivity index (χ4v) is 2.52. The number of carbonyl (C=O) groups excluding carboxylic acids is 1. The second kappa shape index (κ2) is 7.31. The number of hydrogen-bond donors (Lipinski definition) is 1. The van der Waals surface area contributed by atoms with Crippen LogP contribution >= 0.6 is 0 Å². The molecule has 0 atom stereocenters. The highest BCUT2D eigenvalue weighted by molar-refractivity contribution is 5.77. The molecule has 0 unspecified atom stereocenters. The molecule has 5 nitrogen and oxygen atoms in total. The van der Waals surface area contributed by atoms with Gasteiger partial charge in [-0.2, -0.15) is 0 Å². The largest absolute Gasteiger partial charge is 0.497 e. The van der Waals surface area contributed by atoms with Crippen LogP contribution in [0.5, 0.6) is 5.75 Å². The normalized spacial score (nSPS) is 16.5. The predicted molar refractivity (Wildman–Crippen MR) is 84.8 cm³/mol. The third kappa shape index (κ3) is 4.63. The van der Waals surface area contributed by atoms with Crippen molar-refractivity contribution < 1.29 is 9.53 Å². The molecule has 1 fully saturated rings. The van der Waals surface area contributed by atoms with Gasteiger partial charge in [0.05, 0.1) is 13.7 Å². The first-order chi connectivity index (χ1) is 10.1. The average molecular weight is 291 g/mol.